The van der Waals surface area contributed by atoms with Gasteiger partial charge in [-0.15, -0.1) is 0 Å². The molecular weight excluding hydrogens is 913 g/mol. The zero-order valence-corrected chi connectivity index (χ0v) is 41.3. The summed E-state index contributed by atoms with van der Waals surface area (Å²) in [4.78, 5) is 26.5. The van der Waals surface area contributed by atoms with Crippen LogP contribution in [0, 0.1) is 17.8 Å². The van der Waals surface area contributed by atoms with E-state index in [1.807, 2.05) is 43.4 Å². The van der Waals surface area contributed by atoms with E-state index in [9.17, 15) is 60.7 Å². The highest BCUT2D eigenvalue weighted by Crippen LogP contribution is 2.38. The predicted molar refractivity (Wildman–Crippen MR) is 259 cm³/mol. The van der Waals surface area contributed by atoms with E-state index in [2.05, 4.69) is 5.32 Å². The highest BCUT2D eigenvalue weighted by Gasteiger charge is 2.51. The minimum atomic E-state index is -2.28. The first-order chi connectivity index (χ1) is 33.0. The molecule has 20 atom stereocenters. The molecule has 19 nitrogen and oxygen atoms in total. The van der Waals surface area contributed by atoms with E-state index in [1.54, 1.807) is 76.3 Å². The van der Waals surface area contributed by atoms with Crippen molar-refractivity contribution in [3.05, 3.63) is 85.1 Å². The van der Waals surface area contributed by atoms with Crippen LogP contribution in [0.2, 0.25) is 0 Å². The number of ether oxygens (including phenoxy) is 5. The van der Waals surface area contributed by atoms with Gasteiger partial charge in [0.05, 0.1) is 92.1 Å². The van der Waals surface area contributed by atoms with Crippen LogP contribution in [-0.2, 0) is 33.3 Å². The number of carbonyl (C=O) groups is 2. The SMILES string of the molecule is COCC(C)NC(=O)C1[C@@H]2C[C@@H](O[C@@H]3O[C@H](C)[C@@H](O)[C@H](N)[C@@H]3O)/C=C/C=C/C=C/C=C/C=C/C=C/C=C/[C@H](C)[C@@H](O)[C@@H](C)[C@H](C)OC(=O)C[C@H](O)C[C@H](O)CC[C@@H](O)[C@H](O)C[C@H](O)C[C@](O)(C[C@@H]1O)O2. The number of carbonyl (C=O) groups excluding carboxylic acids is 2. The topological polar surface area (TPSA) is 321 Å². The molecule has 0 aromatic heterocycles. The van der Waals surface area contributed by atoms with Gasteiger partial charge in [-0.05, 0) is 40.0 Å². The number of fused-ring (bicyclic) bond motifs is 2. The molecule has 3 heterocycles. The quantitative estimate of drug-likeness (QED) is 0.164. The minimum absolute atomic E-state index is 0.0973. The van der Waals surface area contributed by atoms with Gasteiger partial charge in [-0.1, -0.05) is 98.9 Å². The third kappa shape index (κ3) is 20.6. The van der Waals surface area contributed by atoms with E-state index in [4.69, 9.17) is 29.4 Å². The molecule has 0 aromatic carbocycles. The highest BCUT2D eigenvalue weighted by atomic mass is 16.7. The number of cyclic esters (lactones) is 1. The molecule has 1 amide bonds. The van der Waals surface area contributed by atoms with Crippen LogP contribution in [0.4, 0.5) is 0 Å². The summed E-state index contributed by atoms with van der Waals surface area (Å²) in [5.41, 5.74) is 6.10. The second kappa shape index (κ2) is 30.5. The maximum Gasteiger partial charge on any atom is 0.308 e. The molecule has 2 saturated heterocycles. The van der Waals surface area contributed by atoms with Crippen molar-refractivity contribution < 1.29 is 84.3 Å². The summed E-state index contributed by atoms with van der Waals surface area (Å²) in [6, 6.07) is -1.63. The normalized spacial score (nSPS) is 43.5. The van der Waals surface area contributed by atoms with Gasteiger partial charge < -0.3 is 85.8 Å². The molecule has 398 valence electrons. The van der Waals surface area contributed by atoms with Crippen molar-refractivity contribution in [2.45, 2.75) is 189 Å². The third-order valence-corrected chi connectivity index (χ3v) is 12.8. The standard InChI is InChI=1S/C51H82N2O17/c1-30-19-17-15-13-11-9-7-8-10-12-14-16-18-20-38(69-50-48(63)45(52)47(62)34(5)68-50)26-42-44(49(64)53-31(2)29-66-6)41(59)28-51(65,70-42)27-37(56)24-40(58)39(57)22-21-35(54)23-36(55)25-43(60)67-33(4)32(3)46(30)61/h7-20,30-42,44-48,50,54-59,61-63,65H,21-29,52H2,1-6H3,(H,53,64)/b8-7+,11-9+,12-10+,15-13+,16-14+,19-17+,20-18+/t30-,31?,32-,33-,34+,35+,36+,37-,38-,39+,40+,41-,42-,44?,45-,46+,47+,48-,50-,51+/m0/s1. The van der Waals surface area contributed by atoms with Gasteiger partial charge in [0, 0.05) is 50.7 Å². The number of esters is 1. The number of hydrogen-bond acceptors (Lipinski definition) is 18. The molecule has 3 aliphatic rings. The number of hydrogen-bond donors (Lipinski definition) is 12. The van der Waals surface area contributed by atoms with Crippen molar-refractivity contribution in [3.63, 3.8) is 0 Å². The molecule has 19 heteroatoms. The lowest BCUT2D eigenvalue weighted by atomic mass is 9.82. The molecule has 0 aromatic rings. The number of allylic oxidation sites excluding steroid dienone is 12. The van der Waals surface area contributed by atoms with Gasteiger partial charge in [0.2, 0.25) is 5.91 Å². The van der Waals surface area contributed by atoms with E-state index in [0.717, 1.165) is 0 Å². The van der Waals surface area contributed by atoms with Crippen molar-refractivity contribution >= 4 is 11.9 Å². The Morgan fingerprint density at radius 1 is 0.729 bits per heavy atom. The van der Waals surface area contributed by atoms with Crippen LogP contribution in [0.3, 0.4) is 0 Å². The van der Waals surface area contributed by atoms with E-state index >= 15 is 0 Å². The van der Waals surface area contributed by atoms with E-state index in [0.29, 0.717) is 0 Å². The van der Waals surface area contributed by atoms with Crippen LogP contribution in [0.15, 0.2) is 85.1 Å². The first-order valence-corrected chi connectivity index (χ1v) is 24.3. The first-order valence-electron chi connectivity index (χ1n) is 24.3. The van der Waals surface area contributed by atoms with Gasteiger partial charge >= 0.3 is 5.97 Å². The number of aliphatic hydroxyl groups is 10. The van der Waals surface area contributed by atoms with Crippen molar-refractivity contribution in [3.8, 4) is 0 Å². The molecule has 2 fully saturated rings. The number of aliphatic hydroxyl groups excluding tert-OH is 9. The summed E-state index contributed by atoms with van der Waals surface area (Å²) in [6.07, 6.45) is 4.58. The smallest absolute Gasteiger partial charge is 0.308 e. The van der Waals surface area contributed by atoms with E-state index in [1.165, 1.54) is 7.11 Å². The van der Waals surface area contributed by atoms with Crippen molar-refractivity contribution in [2.24, 2.45) is 23.5 Å². The summed E-state index contributed by atoms with van der Waals surface area (Å²) < 4.78 is 28.9. The largest absolute Gasteiger partial charge is 0.462 e. The monoisotopic (exact) mass is 995 g/mol. The van der Waals surface area contributed by atoms with Crippen molar-refractivity contribution in [2.75, 3.05) is 13.7 Å². The second-order valence-electron chi connectivity index (χ2n) is 19.1. The molecule has 13 N–H and O–H groups in total. The van der Waals surface area contributed by atoms with Crippen LogP contribution < -0.4 is 11.1 Å². The molecule has 70 heavy (non-hydrogen) atoms. The molecule has 3 aliphatic heterocycles. The molecule has 3 rings (SSSR count). The Bertz CT molecular complexity index is 1770. The number of nitrogens with two attached hydrogens (primary N) is 1. The predicted octanol–water partition coefficient (Wildman–Crippen LogP) is 0.778. The fourth-order valence-corrected chi connectivity index (χ4v) is 8.62. The summed E-state index contributed by atoms with van der Waals surface area (Å²) in [5.74, 6) is -5.67. The highest BCUT2D eigenvalue weighted by molar-refractivity contribution is 5.80. The van der Waals surface area contributed by atoms with Crippen LogP contribution >= 0.6 is 0 Å². The maximum absolute atomic E-state index is 13.8. The minimum Gasteiger partial charge on any atom is -0.462 e. The Morgan fingerprint density at radius 3 is 1.91 bits per heavy atom. The third-order valence-electron chi connectivity index (χ3n) is 12.8. The van der Waals surface area contributed by atoms with Crippen LogP contribution in [-0.4, -0.2) is 180 Å². The Labute approximate surface area is 412 Å². The van der Waals surface area contributed by atoms with Gasteiger partial charge in [0.25, 0.3) is 0 Å². The van der Waals surface area contributed by atoms with Crippen LogP contribution in [0.25, 0.3) is 0 Å². The molecule has 0 aliphatic carbocycles. The number of amides is 1. The Kier molecular flexibility index (Phi) is 26.5. The maximum atomic E-state index is 13.8. The lowest BCUT2D eigenvalue weighted by molar-refractivity contribution is -0.307. The number of methoxy groups -OCH3 is 1. The van der Waals surface area contributed by atoms with Gasteiger partial charge in [-0.25, -0.2) is 0 Å². The molecule has 2 bridgehead atoms. The average Bonchev–Trinajstić information content (AvgIpc) is 3.27. The average molecular weight is 995 g/mol. The van der Waals surface area contributed by atoms with Gasteiger partial charge in [0.15, 0.2) is 12.1 Å². The van der Waals surface area contributed by atoms with Crippen molar-refractivity contribution in [1.82, 2.24) is 5.32 Å². The first kappa shape index (κ1) is 60.8. The summed E-state index contributed by atoms with van der Waals surface area (Å²) in [7, 11) is 1.46. The van der Waals surface area contributed by atoms with E-state index in [-0.39, 0.29) is 38.2 Å². The summed E-state index contributed by atoms with van der Waals surface area (Å²) in [6.45, 7) is 8.63. The Balaban J connectivity index is 1.94. The van der Waals surface area contributed by atoms with Crippen molar-refractivity contribution in [1.29, 1.82) is 0 Å². The number of rotatable bonds is 6. The fourth-order valence-electron chi connectivity index (χ4n) is 8.62. The second-order valence-corrected chi connectivity index (χ2v) is 19.1. The lowest BCUT2D eigenvalue weighted by Crippen LogP contribution is -2.62. The zero-order valence-electron chi connectivity index (χ0n) is 41.3. The molecule has 0 radical (unpaired) electrons. The van der Waals surface area contributed by atoms with Gasteiger partial charge in [0.1, 0.15) is 12.2 Å². The molecule has 0 saturated carbocycles. The fraction of sp³-hybridized carbons (Fsp3) is 0.686. The zero-order chi connectivity index (χ0) is 52.1. The Morgan fingerprint density at radius 2 is 1.31 bits per heavy atom. The van der Waals surface area contributed by atoms with Gasteiger partial charge in [-0.3, -0.25) is 9.59 Å². The summed E-state index contributed by atoms with van der Waals surface area (Å²) >= 11 is 0. The van der Waals surface area contributed by atoms with Crippen LogP contribution in [0.1, 0.15) is 86.0 Å². The van der Waals surface area contributed by atoms with Crippen LogP contribution in [0.5, 0.6) is 0 Å². The lowest BCUT2D eigenvalue weighted by Gasteiger charge is -2.46. The number of nitrogens with one attached hydrogen (secondary N) is 1. The van der Waals surface area contributed by atoms with E-state index < -0.39 is 153 Å². The Hall–Kier alpha value is -3.48. The molecule has 0 spiro atoms. The summed E-state index contributed by atoms with van der Waals surface area (Å²) in [5, 5.41) is 113. The molecular formula is C51H82N2O17. The van der Waals surface area contributed by atoms with Gasteiger partial charge in [-0.2, -0.15) is 0 Å². The molecule has 2 unspecified atom stereocenters.